The number of likely N-dealkylation sites (N-methyl/N-ethyl adjacent to an activating group) is 1. The second kappa shape index (κ2) is 7.73. The molecule has 1 saturated heterocycles. The van der Waals surface area contributed by atoms with Crippen LogP contribution in [0.25, 0.3) is 0 Å². The fourth-order valence-corrected chi connectivity index (χ4v) is 2.59. The third-order valence-electron chi connectivity index (χ3n) is 3.52. The largest absolute Gasteiger partial charge is 0.492 e. The van der Waals surface area contributed by atoms with Gasteiger partial charge in [-0.25, -0.2) is 0 Å². The van der Waals surface area contributed by atoms with Gasteiger partial charge in [0, 0.05) is 18.1 Å². The first-order valence-corrected chi connectivity index (χ1v) is 7.39. The second-order valence-electron chi connectivity index (χ2n) is 5.28. The molecule has 4 heteroatoms. The molecule has 0 spiro atoms. The van der Waals surface area contributed by atoms with E-state index in [9.17, 15) is 0 Å². The maximum Gasteiger partial charge on any atom is 0.119 e. The van der Waals surface area contributed by atoms with Gasteiger partial charge in [0.2, 0.25) is 0 Å². The number of nitrogens with zero attached hydrogens (tertiary/aromatic N) is 1. The summed E-state index contributed by atoms with van der Waals surface area (Å²) in [4.78, 5) is 2.35. The number of piperidine rings is 1. The second-order valence-corrected chi connectivity index (χ2v) is 5.71. The van der Waals surface area contributed by atoms with E-state index in [2.05, 4.69) is 17.3 Å². The summed E-state index contributed by atoms with van der Waals surface area (Å²) in [5.74, 6) is 1.67. The minimum atomic E-state index is 0.721. The molecule has 1 fully saturated rings. The molecule has 1 aromatic rings. The molecule has 106 valence electrons. The molecule has 1 atom stereocenters. The Hall–Kier alpha value is -0.770. The Kier molecular flexibility index (Phi) is 5.95. The third kappa shape index (κ3) is 5.39. The molecule has 0 aromatic heterocycles. The van der Waals surface area contributed by atoms with Gasteiger partial charge >= 0.3 is 0 Å². The molecule has 1 N–H and O–H groups in total. The van der Waals surface area contributed by atoms with Crippen molar-refractivity contribution in [3.05, 3.63) is 29.3 Å². The van der Waals surface area contributed by atoms with Crippen LogP contribution in [-0.2, 0) is 0 Å². The summed E-state index contributed by atoms with van der Waals surface area (Å²) in [5, 5.41) is 4.20. The molecule has 0 saturated carbocycles. The monoisotopic (exact) mass is 282 g/mol. The van der Waals surface area contributed by atoms with Gasteiger partial charge in [0.05, 0.1) is 0 Å². The summed E-state index contributed by atoms with van der Waals surface area (Å²) in [7, 11) is 2.17. The van der Waals surface area contributed by atoms with E-state index in [0.29, 0.717) is 0 Å². The van der Waals surface area contributed by atoms with E-state index in [1.54, 1.807) is 0 Å². The van der Waals surface area contributed by atoms with Crippen molar-refractivity contribution < 1.29 is 4.74 Å². The standard InChI is InChI=1S/C15H23ClN2O/c1-18(12-13-3-2-8-17-11-13)9-10-19-15-6-4-14(16)5-7-15/h4-7,13,17H,2-3,8-12H2,1H3. The van der Waals surface area contributed by atoms with Crippen molar-refractivity contribution in [2.24, 2.45) is 5.92 Å². The van der Waals surface area contributed by atoms with Crippen molar-refractivity contribution >= 4 is 11.6 Å². The van der Waals surface area contributed by atoms with Crippen molar-refractivity contribution in [3.63, 3.8) is 0 Å². The highest BCUT2D eigenvalue weighted by atomic mass is 35.5. The number of hydrogen-bond acceptors (Lipinski definition) is 3. The van der Waals surface area contributed by atoms with Crippen LogP contribution in [0.4, 0.5) is 0 Å². The lowest BCUT2D eigenvalue weighted by Crippen LogP contribution is -2.38. The van der Waals surface area contributed by atoms with Gasteiger partial charge in [-0.3, -0.25) is 0 Å². The van der Waals surface area contributed by atoms with Gasteiger partial charge in [-0.1, -0.05) is 11.6 Å². The topological polar surface area (TPSA) is 24.5 Å². The van der Waals surface area contributed by atoms with Gasteiger partial charge in [-0.2, -0.15) is 0 Å². The van der Waals surface area contributed by atoms with Crippen molar-refractivity contribution in [2.75, 3.05) is 39.8 Å². The zero-order chi connectivity index (χ0) is 13.5. The van der Waals surface area contributed by atoms with Crippen LogP contribution < -0.4 is 10.1 Å². The fourth-order valence-electron chi connectivity index (χ4n) is 2.46. The molecular formula is C15H23ClN2O. The van der Waals surface area contributed by atoms with Crippen LogP contribution in [-0.4, -0.2) is 44.7 Å². The van der Waals surface area contributed by atoms with Crippen molar-refractivity contribution in [2.45, 2.75) is 12.8 Å². The predicted molar refractivity (Wildman–Crippen MR) is 80.0 cm³/mol. The molecule has 1 unspecified atom stereocenters. The van der Waals surface area contributed by atoms with E-state index < -0.39 is 0 Å². The first kappa shape index (κ1) is 14.6. The van der Waals surface area contributed by atoms with Gasteiger partial charge in [0.25, 0.3) is 0 Å². The van der Waals surface area contributed by atoms with Crippen LogP contribution in [0.15, 0.2) is 24.3 Å². The lowest BCUT2D eigenvalue weighted by atomic mass is 9.99. The van der Waals surface area contributed by atoms with Gasteiger partial charge in [0.15, 0.2) is 0 Å². The molecule has 1 aromatic carbocycles. The lowest BCUT2D eigenvalue weighted by molar-refractivity contribution is 0.201. The fraction of sp³-hybridized carbons (Fsp3) is 0.600. The van der Waals surface area contributed by atoms with Crippen LogP contribution in [0.3, 0.4) is 0 Å². The van der Waals surface area contributed by atoms with E-state index in [1.165, 1.54) is 19.4 Å². The molecule has 1 heterocycles. The van der Waals surface area contributed by atoms with E-state index in [0.717, 1.165) is 42.9 Å². The molecule has 2 rings (SSSR count). The Morgan fingerprint density at radius 2 is 2.16 bits per heavy atom. The summed E-state index contributed by atoms with van der Waals surface area (Å²) in [6.45, 7) is 5.16. The first-order valence-electron chi connectivity index (χ1n) is 7.01. The average Bonchev–Trinajstić information content (AvgIpc) is 2.42. The van der Waals surface area contributed by atoms with E-state index in [1.807, 2.05) is 24.3 Å². The van der Waals surface area contributed by atoms with E-state index >= 15 is 0 Å². The predicted octanol–water partition coefficient (Wildman–Crippen LogP) is 2.65. The summed E-state index contributed by atoms with van der Waals surface area (Å²) in [6, 6.07) is 7.53. The Bertz CT molecular complexity index is 363. The first-order chi connectivity index (χ1) is 9.24. The molecule has 0 radical (unpaired) electrons. The summed E-state index contributed by atoms with van der Waals surface area (Å²) < 4.78 is 5.70. The van der Waals surface area contributed by atoms with Crippen molar-refractivity contribution in [1.82, 2.24) is 10.2 Å². The Balaban J connectivity index is 1.63. The molecule has 0 aliphatic carbocycles. The quantitative estimate of drug-likeness (QED) is 0.868. The zero-order valence-electron chi connectivity index (χ0n) is 11.6. The summed E-state index contributed by atoms with van der Waals surface area (Å²) in [6.07, 6.45) is 2.65. The van der Waals surface area contributed by atoms with Crippen LogP contribution in [0.5, 0.6) is 5.75 Å². The number of nitrogens with one attached hydrogen (secondary N) is 1. The van der Waals surface area contributed by atoms with Gasteiger partial charge in [-0.15, -0.1) is 0 Å². The number of hydrogen-bond donors (Lipinski definition) is 1. The van der Waals surface area contributed by atoms with Gasteiger partial charge in [-0.05, 0) is 63.2 Å². The van der Waals surface area contributed by atoms with E-state index in [4.69, 9.17) is 16.3 Å². The summed E-state index contributed by atoms with van der Waals surface area (Å²) in [5.41, 5.74) is 0. The number of rotatable bonds is 6. The maximum atomic E-state index is 5.83. The highest BCUT2D eigenvalue weighted by Crippen LogP contribution is 2.15. The SMILES string of the molecule is CN(CCOc1ccc(Cl)cc1)CC1CCCNC1. The Morgan fingerprint density at radius 3 is 2.84 bits per heavy atom. The number of benzene rings is 1. The lowest BCUT2D eigenvalue weighted by Gasteiger charge is -2.27. The normalized spacial score (nSPS) is 19.6. The molecular weight excluding hydrogens is 260 g/mol. The van der Waals surface area contributed by atoms with Gasteiger partial charge in [0.1, 0.15) is 12.4 Å². The molecule has 0 amide bonds. The molecule has 3 nitrogen and oxygen atoms in total. The number of ether oxygens (including phenoxy) is 1. The highest BCUT2D eigenvalue weighted by Gasteiger charge is 2.14. The average molecular weight is 283 g/mol. The van der Waals surface area contributed by atoms with E-state index in [-0.39, 0.29) is 0 Å². The Labute approximate surface area is 120 Å². The minimum Gasteiger partial charge on any atom is -0.492 e. The molecule has 1 aliphatic rings. The highest BCUT2D eigenvalue weighted by molar-refractivity contribution is 6.30. The van der Waals surface area contributed by atoms with Crippen LogP contribution in [0.2, 0.25) is 5.02 Å². The maximum absolute atomic E-state index is 5.83. The molecule has 1 aliphatic heterocycles. The zero-order valence-corrected chi connectivity index (χ0v) is 12.3. The van der Waals surface area contributed by atoms with Crippen molar-refractivity contribution in [3.8, 4) is 5.75 Å². The smallest absolute Gasteiger partial charge is 0.119 e. The number of halogens is 1. The third-order valence-corrected chi connectivity index (χ3v) is 3.78. The van der Waals surface area contributed by atoms with Gasteiger partial charge < -0.3 is 15.0 Å². The van der Waals surface area contributed by atoms with Crippen LogP contribution >= 0.6 is 11.6 Å². The van der Waals surface area contributed by atoms with Crippen molar-refractivity contribution in [1.29, 1.82) is 0 Å². The molecule has 19 heavy (non-hydrogen) atoms. The Morgan fingerprint density at radius 1 is 1.37 bits per heavy atom. The van der Waals surface area contributed by atoms with Crippen LogP contribution in [0.1, 0.15) is 12.8 Å². The molecule has 0 bridgehead atoms. The van der Waals surface area contributed by atoms with Crippen LogP contribution in [0, 0.1) is 5.92 Å². The summed E-state index contributed by atoms with van der Waals surface area (Å²) >= 11 is 5.83. The minimum absolute atomic E-state index is 0.721.